The number of amides is 1. The highest BCUT2D eigenvalue weighted by molar-refractivity contribution is 6.02. The van der Waals surface area contributed by atoms with Gasteiger partial charge in [-0.1, -0.05) is 12.1 Å². The number of nitrogens with zero attached hydrogens (tertiary/aromatic N) is 1. The maximum atomic E-state index is 13.4. The van der Waals surface area contributed by atoms with E-state index in [0.29, 0.717) is 0 Å². The molecule has 41 heavy (non-hydrogen) atoms. The molecule has 1 amide bonds. The quantitative estimate of drug-likeness (QED) is 0.185. The molecule has 0 radical (unpaired) electrons. The fraction of sp³-hybridized carbons (Fsp3) is 0.185. The summed E-state index contributed by atoms with van der Waals surface area (Å²) in [6, 6.07) is 14.4. The van der Waals surface area contributed by atoms with E-state index in [1.54, 1.807) is 0 Å². The molecule has 0 aliphatic heterocycles. The Morgan fingerprint density at radius 2 is 1.32 bits per heavy atom. The second kappa shape index (κ2) is 13.4. The summed E-state index contributed by atoms with van der Waals surface area (Å²) in [5.41, 5.74) is -0.893. The molecular formula is C27H24N2O12. The molecule has 0 saturated heterocycles. The van der Waals surface area contributed by atoms with Gasteiger partial charge in [0, 0.05) is 12.1 Å². The van der Waals surface area contributed by atoms with Crippen molar-refractivity contribution >= 4 is 35.2 Å². The van der Waals surface area contributed by atoms with Gasteiger partial charge in [0.15, 0.2) is 0 Å². The number of benzene rings is 3. The maximum Gasteiger partial charge on any atom is 0.349 e. The van der Waals surface area contributed by atoms with Crippen LogP contribution in [0.1, 0.15) is 20.7 Å². The third kappa shape index (κ3) is 7.47. The molecule has 3 aromatic rings. The minimum absolute atomic E-state index is 0.0259. The number of carbonyl (C=O) groups excluding carboxylic acids is 3. The van der Waals surface area contributed by atoms with Crippen LogP contribution in [0.4, 0.5) is 11.4 Å². The zero-order chi connectivity index (χ0) is 30.1. The van der Waals surface area contributed by atoms with Gasteiger partial charge in [-0.25, -0.2) is 14.4 Å². The Bertz CT molecular complexity index is 1470. The number of aliphatic carboxylic acids is 1. The standard InChI is InChI=1S/C27H24N2O12/c1-37-18-8-4-6-15(12-18)26(33)40-22(24(30)28-20-14-17(29(35)36)10-11-21(20)39-3)23(25(31)32)41-27(34)16-7-5-9-19(13-16)38-2/h4-14,22-23H,1-3H3,(H,28,30)(H,31,32)/t22-,23-/m0/s1. The molecule has 0 spiro atoms. The van der Waals surface area contributed by atoms with E-state index >= 15 is 0 Å². The highest BCUT2D eigenvalue weighted by Crippen LogP contribution is 2.29. The summed E-state index contributed by atoms with van der Waals surface area (Å²) in [4.78, 5) is 62.0. The first kappa shape index (κ1) is 29.9. The molecule has 0 unspecified atom stereocenters. The fourth-order valence-electron chi connectivity index (χ4n) is 3.47. The topological polar surface area (TPSA) is 190 Å². The van der Waals surface area contributed by atoms with Crippen molar-refractivity contribution in [3.63, 3.8) is 0 Å². The van der Waals surface area contributed by atoms with E-state index in [9.17, 15) is 34.4 Å². The Kier molecular flexibility index (Phi) is 9.78. The lowest BCUT2D eigenvalue weighted by molar-refractivity contribution is -0.384. The molecule has 0 aromatic heterocycles. The largest absolute Gasteiger partial charge is 0.497 e. The number of ether oxygens (including phenoxy) is 5. The number of nitrogens with one attached hydrogen (secondary N) is 1. The average molecular weight is 568 g/mol. The number of anilines is 1. The summed E-state index contributed by atoms with van der Waals surface area (Å²) in [6.45, 7) is 0. The second-order valence-electron chi connectivity index (χ2n) is 8.08. The zero-order valence-corrected chi connectivity index (χ0v) is 21.9. The van der Waals surface area contributed by atoms with Crippen LogP contribution in [0.3, 0.4) is 0 Å². The average Bonchev–Trinajstić information content (AvgIpc) is 2.98. The van der Waals surface area contributed by atoms with Crippen molar-refractivity contribution in [3.8, 4) is 17.2 Å². The molecule has 14 nitrogen and oxygen atoms in total. The molecular weight excluding hydrogens is 544 g/mol. The van der Waals surface area contributed by atoms with Gasteiger partial charge >= 0.3 is 17.9 Å². The van der Waals surface area contributed by atoms with Crippen LogP contribution in [0.25, 0.3) is 0 Å². The molecule has 14 heteroatoms. The molecule has 3 aromatic carbocycles. The number of nitro groups is 1. The Labute approximate surface area is 232 Å². The molecule has 0 fully saturated rings. The predicted molar refractivity (Wildman–Crippen MR) is 140 cm³/mol. The first-order chi connectivity index (χ1) is 19.6. The van der Waals surface area contributed by atoms with Gasteiger partial charge in [0.05, 0.1) is 43.1 Å². The molecule has 214 valence electrons. The molecule has 2 N–H and O–H groups in total. The lowest BCUT2D eigenvalue weighted by Crippen LogP contribution is -2.48. The van der Waals surface area contributed by atoms with Gasteiger partial charge in [-0.05, 0) is 42.5 Å². The van der Waals surface area contributed by atoms with Crippen LogP contribution in [-0.2, 0) is 19.1 Å². The van der Waals surface area contributed by atoms with Crippen LogP contribution in [-0.4, -0.2) is 67.4 Å². The van der Waals surface area contributed by atoms with E-state index in [2.05, 4.69) is 5.32 Å². The third-order valence-electron chi connectivity index (χ3n) is 5.51. The number of rotatable bonds is 12. The van der Waals surface area contributed by atoms with Gasteiger partial charge in [-0.15, -0.1) is 0 Å². The summed E-state index contributed by atoms with van der Waals surface area (Å²) < 4.78 is 25.6. The van der Waals surface area contributed by atoms with E-state index in [1.807, 2.05) is 0 Å². The molecule has 3 rings (SSSR count). The number of esters is 2. The van der Waals surface area contributed by atoms with Gasteiger partial charge in [0.2, 0.25) is 12.2 Å². The van der Waals surface area contributed by atoms with Crippen molar-refractivity contribution in [2.75, 3.05) is 26.6 Å². The zero-order valence-electron chi connectivity index (χ0n) is 21.9. The summed E-state index contributed by atoms with van der Waals surface area (Å²) in [7, 11) is 3.93. The number of non-ortho nitro benzene ring substituents is 1. The second-order valence-corrected chi connectivity index (χ2v) is 8.08. The van der Waals surface area contributed by atoms with Crippen molar-refractivity contribution < 1.29 is 52.9 Å². The molecule has 2 atom stereocenters. The van der Waals surface area contributed by atoms with Crippen molar-refractivity contribution in [1.29, 1.82) is 0 Å². The van der Waals surface area contributed by atoms with Crippen LogP contribution < -0.4 is 19.5 Å². The Hall–Kier alpha value is -5.66. The van der Waals surface area contributed by atoms with Gasteiger partial charge in [0.25, 0.3) is 11.6 Å². The number of hydrogen-bond donors (Lipinski definition) is 2. The van der Waals surface area contributed by atoms with E-state index in [-0.39, 0.29) is 34.1 Å². The monoisotopic (exact) mass is 568 g/mol. The first-order valence-electron chi connectivity index (χ1n) is 11.6. The van der Waals surface area contributed by atoms with E-state index in [4.69, 9.17) is 23.7 Å². The van der Waals surface area contributed by atoms with Gasteiger partial charge in [-0.2, -0.15) is 0 Å². The number of hydrogen-bond acceptors (Lipinski definition) is 11. The Balaban J connectivity index is 2.01. The van der Waals surface area contributed by atoms with Crippen LogP contribution in [0, 0.1) is 10.1 Å². The summed E-state index contributed by atoms with van der Waals surface area (Å²) in [5, 5.41) is 23.4. The highest BCUT2D eigenvalue weighted by Gasteiger charge is 2.41. The first-order valence-corrected chi connectivity index (χ1v) is 11.6. The fourth-order valence-corrected chi connectivity index (χ4v) is 3.47. The lowest BCUT2D eigenvalue weighted by Gasteiger charge is -2.24. The smallest absolute Gasteiger partial charge is 0.349 e. The Morgan fingerprint density at radius 3 is 1.78 bits per heavy atom. The molecule has 0 bridgehead atoms. The van der Waals surface area contributed by atoms with E-state index in [0.717, 1.165) is 12.1 Å². The highest BCUT2D eigenvalue weighted by atomic mass is 16.6. The van der Waals surface area contributed by atoms with Gasteiger partial charge in [0.1, 0.15) is 17.2 Å². The molecule has 0 saturated carbocycles. The summed E-state index contributed by atoms with van der Waals surface area (Å²) >= 11 is 0. The summed E-state index contributed by atoms with van der Waals surface area (Å²) in [5.74, 6) is -4.93. The van der Waals surface area contributed by atoms with Gasteiger partial charge in [-0.3, -0.25) is 14.9 Å². The minimum Gasteiger partial charge on any atom is -0.497 e. The number of methoxy groups -OCH3 is 3. The molecule has 0 aliphatic carbocycles. The van der Waals surface area contributed by atoms with Crippen molar-refractivity contribution in [2.24, 2.45) is 0 Å². The van der Waals surface area contributed by atoms with Crippen molar-refractivity contribution in [2.45, 2.75) is 12.2 Å². The van der Waals surface area contributed by atoms with E-state index < -0.39 is 46.6 Å². The minimum atomic E-state index is -2.35. The molecule has 0 aliphatic rings. The van der Waals surface area contributed by atoms with E-state index in [1.165, 1.54) is 75.9 Å². The number of nitro benzene ring substituents is 1. The summed E-state index contributed by atoms with van der Waals surface area (Å²) in [6.07, 6.45) is -4.63. The lowest BCUT2D eigenvalue weighted by atomic mass is 10.1. The Morgan fingerprint density at radius 1 is 0.780 bits per heavy atom. The maximum absolute atomic E-state index is 13.4. The van der Waals surface area contributed by atoms with Crippen LogP contribution >= 0.6 is 0 Å². The third-order valence-corrected chi connectivity index (χ3v) is 5.51. The predicted octanol–water partition coefficient (Wildman–Crippen LogP) is 3.09. The SMILES string of the molecule is COc1cccc(C(=O)O[C@H](C(=O)O)[C@H](OC(=O)c2cccc(OC)c2)C(=O)Nc2cc([N+](=O)[O-])ccc2OC)c1. The van der Waals surface area contributed by atoms with Crippen LogP contribution in [0.2, 0.25) is 0 Å². The van der Waals surface area contributed by atoms with Gasteiger partial charge < -0.3 is 34.1 Å². The number of carbonyl (C=O) groups is 4. The van der Waals surface area contributed by atoms with Crippen LogP contribution in [0.5, 0.6) is 17.2 Å². The number of carboxylic acids is 1. The molecule has 0 heterocycles. The normalized spacial score (nSPS) is 11.8. The van der Waals surface area contributed by atoms with Crippen molar-refractivity contribution in [1.82, 2.24) is 0 Å². The van der Waals surface area contributed by atoms with Crippen molar-refractivity contribution in [3.05, 3.63) is 88.0 Å². The number of carboxylic acid groups (broad SMARTS) is 1. The van der Waals surface area contributed by atoms with Crippen LogP contribution in [0.15, 0.2) is 66.7 Å².